The van der Waals surface area contributed by atoms with Gasteiger partial charge in [-0.2, -0.15) is 0 Å². The Hall–Kier alpha value is -2.93. The highest BCUT2D eigenvalue weighted by Gasteiger charge is 2.33. The van der Waals surface area contributed by atoms with E-state index in [1.54, 1.807) is 17.0 Å². The molecule has 6 nitrogen and oxygen atoms in total. The van der Waals surface area contributed by atoms with Gasteiger partial charge >= 0.3 is 0 Å². The first-order valence-electron chi connectivity index (χ1n) is 9.90. The number of carbonyl (C=O) groups excluding carboxylic acids is 2. The van der Waals surface area contributed by atoms with Crippen LogP contribution in [0, 0.1) is 5.82 Å². The Morgan fingerprint density at radius 2 is 1.62 bits per heavy atom. The number of halogens is 1. The monoisotopic (exact) mass is 396 g/mol. The molecule has 0 bridgehead atoms. The van der Waals surface area contributed by atoms with E-state index in [-0.39, 0.29) is 18.3 Å². The van der Waals surface area contributed by atoms with Crippen molar-refractivity contribution in [3.63, 3.8) is 0 Å². The minimum Gasteiger partial charge on any atom is -0.368 e. The molecule has 0 radical (unpaired) electrons. The van der Waals surface area contributed by atoms with Gasteiger partial charge in [-0.05, 0) is 29.7 Å². The van der Waals surface area contributed by atoms with Gasteiger partial charge in [0.25, 0.3) is 0 Å². The van der Waals surface area contributed by atoms with Crippen LogP contribution in [0.2, 0.25) is 0 Å². The second kappa shape index (κ2) is 8.21. The number of piperazine rings is 1. The molecule has 1 atom stereocenters. The van der Waals surface area contributed by atoms with Crippen LogP contribution in [0.4, 0.5) is 10.1 Å². The number of hydrogen-bond donors (Lipinski definition) is 1. The fraction of sp³-hybridized carbons (Fsp3) is 0.364. The van der Waals surface area contributed by atoms with Gasteiger partial charge in [0.2, 0.25) is 11.8 Å². The number of carbonyl (C=O) groups is 2. The van der Waals surface area contributed by atoms with Crippen LogP contribution in [0.3, 0.4) is 0 Å². The molecule has 0 unspecified atom stereocenters. The van der Waals surface area contributed by atoms with Gasteiger partial charge in [-0.1, -0.05) is 36.4 Å². The molecule has 4 rings (SSSR count). The van der Waals surface area contributed by atoms with Crippen molar-refractivity contribution in [2.24, 2.45) is 5.73 Å². The van der Waals surface area contributed by atoms with Crippen molar-refractivity contribution in [2.75, 3.05) is 37.6 Å². The molecule has 0 spiro atoms. The molecule has 2 aromatic rings. The quantitative estimate of drug-likeness (QED) is 0.848. The third kappa shape index (κ3) is 4.10. The van der Waals surface area contributed by atoms with Gasteiger partial charge in [0.1, 0.15) is 5.82 Å². The SMILES string of the molecule is NC(=O)[C@@H]1Cc2ccccc2CN1CC(=O)N1CCN(c2ccccc2F)CC1. The number of rotatable bonds is 4. The molecular weight excluding hydrogens is 371 g/mol. The molecule has 2 aliphatic rings. The van der Waals surface area contributed by atoms with Crippen LogP contribution in [-0.4, -0.2) is 60.4 Å². The fourth-order valence-electron chi connectivity index (χ4n) is 4.20. The third-order valence-corrected chi connectivity index (χ3v) is 5.84. The van der Waals surface area contributed by atoms with Crippen LogP contribution in [-0.2, 0) is 22.6 Å². The number of fused-ring (bicyclic) bond motifs is 1. The van der Waals surface area contributed by atoms with E-state index in [0.717, 1.165) is 11.1 Å². The molecule has 2 aromatic carbocycles. The maximum atomic E-state index is 14.0. The summed E-state index contributed by atoms with van der Waals surface area (Å²) in [6.45, 7) is 2.90. The minimum absolute atomic E-state index is 0.0242. The molecule has 2 aliphatic heterocycles. The largest absolute Gasteiger partial charge is 0.368 e. The van der Waals surface area contributed by atoms with Gasteiger partial charge in [0.15, 0.2) is 0 Å². The standard InChI is InChI=1S/C22H25FN4O2/c23-18-7-3-4-8-19(18)25-9-11-26(12-10-25)21(28)15-27-14-17-6-2-1-5-16(17)13-20(27)22(24)29/h1-8,20H,9-15H2,(H2,24,29)/t20-/m0/s1. The van der Waals surface area contributed by atoms with Crippen molar-refractivity contribution >= 4 is 17.5 Å². The molecule has 2 heterocycles. The number of nitrogens with two attached hydrogens (primary N) is 1. The maximum Gasteiger partial charge on any atom is 0.236 e. The predicted molar refractivity (Wildman–Crippen MR) is 109 cm³/mol. The van der Waals surface area contributed by atoms with Gasteiger partial charge in [-0.25, -0.2) is 4.39 Å². The highest BCUT2D eigenvalue weighted by Crippen LogP contribution is 2.24. The van der Waals surface area contributed by atoms with Crippen LogP contribution in [0.5, 0.6) is 0 Å². The first kappa shape index (κ1) is 19.4. The normalized spacial score (nSPS) is 19.7. The highest BCUT2D eigenvalue weighted by atomic mass is 19.1. The average Bonchev–Trinajstić information content (AvgIpc) is 2.73. The van der Waals surface area contributed by atoms with Crippen molar-refractivity contribution in [2.45, 2.75) is 19.0 Å². The van der Waals surface area contributed by atoms with E-state index in [4.69, 9.17) is 5.73 Å². The Bertz CT molecular complexity index is 911. The molecule has 0 aromatic heterocycles. The maximum absolute atomic E-state index is 14.0. The molecular formula is C22H25FN4O2. The first-order valence-corrected chi connectivity index (χ1v) is 9.90. The summed E-state index contributed by atoms with van der Waals surface area (Å²) in [5, 5.41) is 0. The number of primary amides is 1. The van der Waals surface area contributed by atoms with Crippen LogP contribution in [0.1, 0.15) is 11.1 Å². The van der Waals surface area contributed by atoms with Crippen molar-refractivity contribution < 1.29 is 14.0 Å². The second-order valence-corrected chi connectivity index (χ2v) is 7.62. The zero-order valence-corrected chi connectivity index (χ0v) is 16.3. The van der Waals surface area contributed by atoms with Gasteiger partial charge in [0, 0.05) is 32.7 Å². The summed E-state index contributed by atoms with van der Waals surface area (Å²) >= 11 is 0. The lowest BCUT2D eigenvalue weighted by atomic mass is 9.93. The number of para-hydroxylation sites is 1. The number of anilines is 1. The lowest BCUT2D eigenvalue weighted by molar-refractivity contribution is -0.135. The summed E-state index contributed by atoms with van der Waals surface area (Å²) in [7, 11) is 0. The Balaban J connectivity index is 1.39. The molecule has 2 N–H and O–H groups in total. The van der Waals surface area contributed by atoms with Crippen molar-refractivity contribution in [1.82, 2.24) is 9.80 Å². The molecule has 7 heteroatoms. The van der Waals surface area contributed by atoms with E-state index < -0.39 is 11.9 Å². The van der Waals surface area contributed by atoms with E-state index in [1.165, 1.54) is 6.07 Å². The third-order valence-electron chi connectivity index (χ3n) is 5.84. The molecule has 2 amide bonds. The average molecular weight is 396 g/mol. The summed E-state index contributed by atoms with van der Waals surface area (Å²) in [6.07, 6.45) is 0.528. The van der Waals surface area contributed by atoms with E-state index in [2.05, 4.69) is 0 Å². The number of benzene rings is 2. The van der Waals surface area contributed by atoms with Gasteiger partial charge < -0.3 is 15.5 Å². The van der Waals surface area contributed by atoms with E-state index in [0.29, 0.717) is 44.8 Å². The Labute approximate surface area is 169 Å². The van der Waals surface area contributed by atoms with Crippen molar-refractivity contribution in [3.05, 3.63) is 65.5 Å². The van der Waals surface area contributed by atoms with Crippen molar-refractivity contribution in [1.29, 1.82) is 0 Å². The van der Waals surface area contributed by atoms with Gasteiger partial charge in [0.05, 0.1) is 18.3 Å². The van der Waals surface area contributed by atoms with Crippen LogP contribution >= 0.6 is 0 Å². The van der Waals surface area contributed by atoms with Crippen molar-refractivity contribution in [3.8, 4) is 0 Å². The van der Waals surface area contributed by atoms with E-state index in [9.17, 15) is 14.0 Å². The predicted octanol–water partition coefficient (Wildman–Crippen LogP) is 1.39. The summed E-state index contributed by atoms with van der Waals surface area (Å²) in [6, 6.07) is 14.2. The van der Waals surface area contributed by atoms with Crippen LogP contribution in [0.15, 0.2) is 48.5 Å². The summed E-state index contributed by atoms with van der Waals surface area (Å²) < 4.78 is 14.0. The molecule has 29 heavy (non-hydrogen) atoms. The lowest BCUT2D eigenvalue weighted by Gasteiger charge is -2.39. The minimum atomic E-state index is -0.478. The summed E-state index contributed by atoms with van der Waals surface area (Å²) in [5.41, 5.74) is 8.43. The van der Waals surface area contributed by atoms with E-state index in [1.807, 2.05) is 40.1 Å². The molecule has 0 saturated carbocycles. The van der Waals surface area contributed by atoms with Gasteiger partial charge in [-0.15, -0.1) is 0 Å². The summed E-state index contributed by atoms with van der Waals surface area (Å²) in [4.78, 5) is 30.5. The first-order chi connectivity index (χ1) is 14.0. The second-order valence-electron chi connectivity index (χ2n) is 7.62. The number of amides is 2. The molecule has 152 valence electrons. The van der Waals surface area contributed by atoms with Crippen LogP contribution in [0.25, 0.3) is 0 Å². The fourth-order valence-corrected chi connectivity index (χ4v) is 4.20. The number of hydrogen-bond acceptors (Lipinski definition) is 4. The molecule has 0 aliphatic carbocycles. The Morgan fingerprint density at radius 3 is 2.31 bits per heavy atom. The van der Waals surface area contributed by atoms with E-state index >= 15 is 0 Å². The zero-order chi connectivity index (χ0) is 20.4. The Morgan fingerprint density at radius 1 is 0.966 bits per heavy atom. The summed E-state index contributed by atoms with van der Waals surface area (Å²) in [5.74, 6) is -0.677. The zero-order valence-electron chi connectivity index (χ0n) is 16.3. The number of nitrogens with zero attached hydrogens (tertiary/aromatic N) is 3. The molecule has 1 saturated heterocycles. The van der Waals surface area contributed by atoms with Gasteiger partial charge in [-0.3, -0.25) is 14.5 Å². The Kier molecular flexibility index (Phi) is 5.49. The lowest BCUT2D eigenvalue weighted by Crippen LogP contribution is -2.55. The highest BCUT2D eigenvalue weighted by molar-refractivity contribution is 5.83. The smallest absolute Gasteiger partial charge is 0.236 e. The molecule has 1 fully saturated rings. The van der Waals surface area contributed by atoms with Crippen LogP contribution < -0.4 is 10.6 Å². The topological polar surface area (TPSA) is 69.9 Å².